The van der Waals surface area contributed by atoms with E-state index in [1.165, 1.54) is 0 Å². The van der Waals surface area contributed by atoms with Gasteiger partial charge in [0.1, 0.15) is 0 Å². The molecule has 1 saturated heterocycles. The standard InChI is InChI=1S/C15H21NO4/c1-15(14(17)18)7-8-16(10-15)9-11-5-4-6-12(19-2)13(11)20-3/h4-6H,7-10H2,1-3H3,(H,17,18). The smallest absolute Gasteiger partial charge is 0.310 e. The lowest BCUT2D eigenvalue weighted by Gasteiger charge is -2.21. The maximum Gasteiger partial charge on any atom is 0.310 e. The van der Waals surface area contributed by atoms with Crippen molar-refractivity contribution in [3.63, 3.8) is 0 Å². The van der Waals surface area contributed by atoms with Crippen LogP contribution in [0, 0.1) is 5.41 Å². The van der Waals surface area contributed by atoms with Gasteiger partial charge in [0.2, 0.25) is 0 Å². The van der Waals surface area contributed by atoms with Crippen molar-refractivity contribution in [2.45, 2.75) is 19.9 Å². The van der Waals surface area contributed by atoms with Gasteiger partial charge in [0.15, 0.2) is 11.5 Å². The second-order valence-corrected chi connectivity index (χ2v) is 5.48. The van der Waals surface area contributed by atoms with E-state index in [4.69, 9.17) is 9.47 Å². The normalized spacial score (nSPS) is 22.8. The summed E-state index contributed by atoms with van der Waals surface area (Å²) >= 11 is 0. The molecular formula is C15H21NO4. The minimum absolute atomic E-state index is 0.558. The van der Waals surface area contributed by atoms with Crippen molar-refractivity contribution in [3.8, 4) is 11.5 Å². The first-order valence-electron chi connectivity index (χ1n) is 6.66. The quantitative estimate of drug-likeness (QED) is 0.893. The third kappa shape index (κ3) is 2.72. The fraction of sp³-hybridized carbons (Fsp3) is 0.533. The zero-order chi connectivity index (χ0) is 14.8. The van der Waals surface area contributed by atoms with Crippen LogP contribution >= 0.6 is 0 Å². The third-order valence-electron chi connectivity index (χ3n) is 3.95. The van der Waals surface area contributed by atoms with Crippen LogP contribution < -0.4 is 9.47 Å². The largest absolute Gasteiger partial charge is 0.493 e. The maximum atomic E-state index is 11.3. The Labute approximate surface area is 119 Å². The molecule has 0 saturated carbocycles. The zero-order valence-electron chi connectivity index (χ0n) is 12.2. The van der Waals surface area contributed by atoms with Crippen LogP contribution in [0.2, 0.25) is 0 Å². The summed E-state index contributed by atoms with van der Waals surface area (Å²) in [6, 6.07) is 5.76. The van der Waals surface area contributed by atoms with E-state index in [1.807, 2.05) is 18.2 Å². The highest BCUT2D eigenvalue weighted by molar-refractivity contribution is 5.74. The van der Waals surface area contributed by atoms with E-state index >= 15 is 0 Å². The number of aliphatic carboxylic acids is 1. The van der Waals surface area contributed by atoms with Gasteiger partial charge in [-0.25, -0.2) is 0 Å². The molecule has 5 nitrogen and oxygen atoms in total. The van der Waals surface area contributed by atoms with Gasteiger partial charge in [-0.2, -0.15) is 0 Å². The molecule has 2 rings (SSSR count). The van der Waals surface area contributed by atoms with Crippen molar-refractivity contribution in [2.24, 2.45) is 5.41 Å². The Morgan fingerprint density at radius 3 is 2.70 bits per heavy atom. The molecule has 1 unspecified atom stereocenters. The van der Waals surface area contributed by atoms with Gasteiger partial charge >= 0.3 is 5.97 Å². The van der Waals surface area contributed by atoms with Crippen LogP contribution in [-0.2, 0) is 11.3 Å². The van der Waals surface area contributed by atoms with E-state index in [0.717, 1.165) is 17.9 Å². The predicted octanol–water partition coefficient (Wildman–Crippen LogP) is 2.00. The van der Waals surface area contributed by atoms with Gasteiger partial charge in [0.25, 0.3) is 0 Å². The average Bonchev–Trinajstić information content (AvgIpc) is 2.81. The number of ether oxygens (including phenoxy) is 2. The molecule has 1 N–H and O–H groups in total. The number of carbonyl (C=O) groups is 1. The number of likely N-dealkylation sites (tertiary alicyclic amines) is 1. The number of carboxylic acids is 1. The Morgan fingerprint density at radius 1 is 1.40 bits per heavy atom. The van der Waals surface area contributed by atoms with Crippen molar-refractivity contribution in [1.29, 1.82) is 0 Å². The maximum absolute atomic E-state index is 11.3. The van der Waals surface area contributed by atoms with Gasteiger partial charge in [-0.1, -0.05) is 12.1 Å². The van der Waals surface area contributed by atoms with Gasteiger partial charge in [-0.15, -0.1) is 0 Å². The second-order valence-electron chi connectivity index (χ2n) is 5.48. The Hall–Kier alpha value is -1.75. The summed E-state index contributed by atoms with van der Waals surface area (Å²) in [5.41, 5.74) is 0.369. The summed E-state index contributed by atoms with van der Waals surface area (Å²) in [7, 11) is 3.23. The molecule has 0 bridgehead atoms. The summed E-state index contributed by atoms with van der Waals surface area (Å²) in [6.07, 6.45) is 0.675. The molecule has 1 aliphatic rings. The minimum atomic E-state index is -0.724. The average molecular weight is 279 g/mol. The summed E-state index contributed by atoms with van der Waals surface area (Å²) in [4.78, 5) is 13.4. The van der Waals surface area contributed by atoms with Crippen molar-refractivity contribution < 1.29 is 19.4 Å². The third-order valence-corrected chi connectivity index (χ3v) is 3.95. The summed E-state index contributed by atoms with van der Waals surface area (Å²) < 4.78 is 10.7. The Morgan fingerprint density at radius 2 is 2.15 bits per heavy atom. The van der Waals surface area contributed by atoms with Crippen LogP contribution in [0.5, 0.6) is 11.5 Å². The van der Waals surface area contributed by atoms with Crippen molar-refractivity contribution in [1.82, 2.24) is 4.90 Å². The second kappa shape index (κ2) is 5.71. The van der Waals surface area contributed by atoms with Crippen molar-refractivity contribution >= 4 is 5.97 Å². The van der Waals surface area contributed by atoms with Gasteiger partial charge in [-0.05, 0) is 26.0 Å². The topological polar surface area (TPSA) is 59.0 Å². The van der Waals surface area contributed by atoms with Gasteiger partial charge in [0.05, 0.1) is 19.6 Å². The molecule has 1 fully saturated rings. The highest BCUT2D eigenvalue weighted by Crippen LogP contribution is 2.35. The number of benzene rings is 1. The molecule has 0 spiro atoms. The number of hydrogen-bond donors (Lipinski definition) is 1. The first-order valence-corrected chi connectivity index (χ1v) is 6.66. The highest BCUT2D eigenvalue weighted by atomic mass is 16.5. The fourth-order valence-electron chi connectivity index (χ4n) is 2.69. The number of para-hydroxylation sites is 1. The van der Waals surface area contributed by atoms with E-state index in [2.05, 4.69) is 4.90 Å². The Kier molecular flexibility index (Phi) is 4.18. The van der Waals surface area contributed by atoms with Crippen LogP contribution in [0.3, 0.4) is 0 Å². The monoisotopic (exact) mass is 279 g/mol. The molecule has 0 aromatic heterocycles. The molecule has 20 heavy (non-hydrogen) atoms. The number of nitrogens with zero attached hydrogens (tertiary/aromatic N) is 1. The lowest BCUT2D eigenvalue weighted by molar-refractivity contribution is -0.147. The molecule has 0 amide bonds. The van der Waals surface area contributed by atoms with Gasteiger partial charge < -0.3 is 14.6 Å². The summed E-state index contributed by atoms with van der Waals surface area (Å²) in [5, 5.41) is 9.27. The van der Waals surface area contributed by atoms with Crippen LogP contribution in [0.4, 0.5) is 0 Å². The van der Waals surface area contributed by atoms with E-state index in [-0.39, 0.29) is 0 Å². The molecule has 1 aromatic carbocycles. The van der Waals surface area contributed by atoms with Crippen LogP contribution in [0.25, 0.3) is 0 Å². The Balaban J connectivity index is 2.14. The van der Waals surface area contributed by atoms with Gasteiger partial charge in [0, 0.05) is 18.7 Å². The number of hydrogen-bond acceptors (Lipinski definition) is 4. The number of rotatable bonds is 5. The molecule has 1 aromatic rings. The zero-order valence-corrected chi connectivity index (χ0v) is 12.2. The van der Waals surface area contributed by atoms with Gasteiger partial charge in [-0.3, -0.25) is 9.69 Å². The fourth-order valence-corrected chi connectivity index (χ4v) is 2.69. The molecule has 5 heteroatoms. The molecule has 1 atom stereocenters. The lowest BCUT2D eigenvalue weighted by atomic mass is 9.90. The summed E-state index contributed by atoms with van der Waals surface area (Å²) in [6.45, 7) is 3.81. The number of carboxylic acid groups (broad SMARTS) is 1. The SMILES string of the molecule is COc1cccc(CN2CCC(C)(C(=O)O)C2)c1OC. The summed E-state index contributed by atoms with van der Waals surface area (Å²) in [5.74, 6) is 0.696. The van der Waals surface area contributed by atoms with E-state index in [0.29, 0.717) is 25.3 Å². The lowest BCUT2D eigenvalue weighted by Crippen LogP contribution is -2.31. The van der Waals surface area contributed by atoms with E-state index < -0.39 is 11.4 Å². The van der Waals surface area contributed by atoms with Crippen molar-refractivity contribution in [2.75, 3.05) is 27.3 Å². The molecule has 0 aliphatic carbocycles. The van der Waals surface area contributed by atoms with E-state index in [1.54, 1.807) is 21.1 Å². The van der Waals surface area contributed by atoms with Crippen LogP contribution in [-0.4, -0.2) is 43.3 Å². The number of methoxy groups -OCH3 is 2. The highest BCUT2D eigenvalue weighted by Gasteiger charge is 2.40. The molecule has 1 heterocycles. The van der Waals surface area contributed by atoms with E-state index in [9.17, 15) is 9.90 Å². The first-order chi connectivity index (χ1) is 9.50. The van der Waals surface area contributed by atoms with Crippen molar-refractivity contribution in [3.05, 3.63) is 23.8 Å². The molecule has 110 valence electrons. The van der Waals surface area contributed by atoms with Crippen LogP contribution in [0.15, 0.2) is 18.2 Å². The first kappa shape index (κ1) is 14.7. The minimum Gasteiger partial charge on any atom is -0.493 e. The predicted molar refractivity (Wildman–Crippen MR) is 75.2 cm³/mol. The van der Waals surface area contributed by atoms with Crippen LogP contribution in [0.1, 0.15) is 18.9 Å². The molecular weight excluding hydrogens is 258 g/mol. The molecule has 0 radical (unpaired) electrons. The molecule has 1 aliphatic heterocycles. The Bertz CT molecular complexity index is 503.